The van der Waals surface area contributed by atoms with Gasteiger partial charge in [-0.3, -0.25) is 9.69 Å². The third kappa shape index (κ3) is 3.40. The van der Waals surface area contributed by atoms with Crippen molar-refractivity contribution < 1.29 is 14.3 Å². The molecule has 30 heavy (non-hydrogen) atoms. The highest BCUT2D eigenvalue weighted by molar-refractivity contribution is 6.11. The van der Waals surface area contributed by atoms with Crippen LogP contribution in [0.4, 0.5) is 0 Å². The summed E-state index contributed by atoms with van der Waals surface area (Å²) in [6.45, 7) is 5.03. The van der Waals surface area contributed by atoms with Gasteiger partial charge in [-0.15, -0.1) is 0 Å². The lowest BCUT2D eigenvalue weighted by molar-refractivity contribution is -0.0255. The van der Waals surface area contributed by atoms with Crippen molar-refractivity contribution in [3.05, 3.63) is 54.4 Å². The molecule has 0 unspecified atom stereocenters. The Balaban J connectivity index is 1.41. The van der Waals surface area contributed by atoms with Gasteiger partial charge in [0.15, 0.2) is 0 Å². The van der Waals surface area contributed by atoms with Gasteiger partial charge in [0.25, 0.3) is 5.91 Å². The first-order chi connectivity index (χ1) is 14.7. The number of carbonyl (C=O) groups excluding carboxylic acids is 1. The topological polar surface area (TPSA) is 67.8 Å². The molecule has 2 fully saturated rings. The number of nitrogens with zero attached hydrogens (tertiary/aromatic N) is 4. The van der Waals surface area contributed by atoms with Crippen molar-refractivity contribution in [2.24, 2.45) is 0 Å². The predicted octanol–water partition coefficient (Wildman–Crippen LogP) is 2.46. The van der Waals surface area contributed by atoms with Crippen molar-refractivity contribution in [3.63, 3.8) is 0 Å². The molecule has 5 rings (SSSR count). The van der Waals surface area contributed by atoms with E-state index in [1.165, 1.54) is 0 Å². The van der Waals surface area contributed by atoms with Crippen LogP contribution < -0.4 is 4.74 Å². The summed E-state index contributed by atoms with van der Waals surface area (Å²) in [6.07, 6.45) is 3.49. The van der Waals surface area contributed by atoms with E-state index in [-0.39, 0.29) is 5.91 Å². The maximum absolute atomic E-state index is 13.2. The Bertz CT molecular complexity index is 1060. The minimum absolute atomic E-state index is 0.0910. The van der Waals surface area contributed by atoms with Crippen LogP contribution >= 0.6 is 0 Å². The molecule has 0 bridgehead atoms. The largest absolute Gasteiger partial charge is 0.467 e. The van der Waals surface area contributed by atoms with Crippen LogP contribution in [0.25, 0.3) is 21.9 Å². The van der Waals surface area contributed by atoms with E-state index in [0.717, 1.165) is 66.9 Å². The van der Waals surface area contributed by atoms with Crippen LogP contribution in [0.15, 0.2) is 48.8 Å². The number of rotatable bonds is 4. The number of aromatic nitrogens is 2. The van der Waals surface area contributed by atoms with Crippen LogP contribution in [0.5, 0.6) is 6.01 Å². The fourth-order valence-electron chi connectivity index (χ4n) is 4.26. The molecule has 1 aromatic heterocycles. The minimum atomic E-state index is 0.0910. The molecule has 0 aliphatic carbocycles. The average Bonchev–Trinajstić information content (AvgIpc) is 2.78. The molecular weight excluding hydrogens is 380 g/mol. The van der Waals surface area contributed by atoms with Gasteiger partial charge < -0.3 is 14.4 Å². The molecular formula is C23H24N4O3. The van der Waals surface area contributed by atoms with Crippen molar-refractivity contribution >= 4 is 16.7 Å². The molecule has 154 valence electrons. The minimum Gasteiger partial charge on any atom is -0.467 e. The van der Waals surface area contributed by atoms with Gasteiger partial charge in [-0.25, -0.2) is 9.97 Å². The first-order valence-corrected chi connectivity index (χ1v) is 10.2. The molecule has 0 radical (unpaired) electrons. The second kappa shape index (κ2) is 8.01. The molecule has 3 heterocycles. The monoisotopic (exact) mass is 404 g/mol. The molecule has 2 aliphatic heterocycles. The van der Waals surface area contributed by atoms with Gasteiger partial charge in [-0.05, 0) is 22.4 Å². The fourth-order valence-corrected chi connectivity index (χ4v) is 4.26. The zero-order chi connectivity index (χ0) is 20.5. The van der Waals surface area contributed by atoms with Gasteiger partial charge in [-0.2, -0.15) is 0 Å². The molecule has 2 aliphatic rings. The van der Waals surface area contributed by atoms with Crippen LogP contribution in [0, 0.1) is 0 Å². The Morgan fingerprint density at radius 3 is 2.43 bits per heavy atom. The van der Waals surface area contributed by atoms with E-state index >= 15 is 0 Å². The van der Waals surface area contributed by atoms with Gasteiger partial charge in [0.1, 0.15) is 0 Å². The van der Waals surface area contributed by atoms with Crippen molar-refractivity contribution in [2.75, 3.05) is 46.5 Å². The SMILES string of the molecule is COc1ncc(-c2ccc(C(=O)N3CC(N4CCOCC4)C3)c3ccccc23)cn1. The Labute approximate surface area is 175 Å². The lowest BCUT2D eigenvalue weighted by atomic mass is 9.94. The summed E-state index contributed by atoms with van der Waals surface area (Å²) in [6, 6.07) is 12.7. The molecule has 0 saturated carbocycles. The quantitative estimate of drug-likeness (QED) is 0.666. The van der Waals surface area contributed by atoms with Crippen molar-refractivity contribution in [1.82, 2.24) is 19.8 Å². The number of benzene rings is 2. The van der Waals surface area contributed by atoms with E-state index in [2.05, 4.69) is 14.9 Å². The second-order valence-corrected chi connectivity index (χ2v) is 7.68. The highest BCUT2D eigenvalue weighted by Crippen LogP contribution is 2.32. The van der Waals surface area contributed by atoms with Gasteiger partial charge in [0.2, 0.25) is 0 Å². The Kier molecular flexibility index (Phi) is 5.06. The summed E-state index contributed by atoms with van der Waals surface area (Å²) in [5, 5.41) is 1.97. The number of morpholine rings is 1. The van der Waals surface area contributed by atoms with Crippen LogP contribution in [0.1, 0.15) is 10.4 Å². The van der Waals surface area contributed by atoms with E-state index in [9.17, 15) is 4.79 Å². The summed E-state index contributed by atoms with van der Waals surface area (Å²) < 4.78 is 10.5. The van der Waals surface area contributed by atoms with Crippen LogP contribution in [-0.2, 0) is 4.74 Å². The van der Waals surface area contributed by atoms with Crippen molar-refractivity contribution in [3.8, 4) is 17.1 Å². The lowest BCUT2D eigenvalue weighted by Gasteiger charge is -2.46. The predicted molar refractivity (Wildman–Crippen MR) is 114 cm³/mol. The fraction of sp³-hybridized carbons (Fsp3) is 0.348. The number of ether oxygens (including phenoxy) is 2. The number of amides is 1. The molecule has 0 spiro atoms. The van der Waals surface area contributed by atoms with Crippen molar-refractivity contribution in [1.29, 1.82) is 0 Å². The molecule has 3 aromatic rings. The Hall–Kier alpha value is -3.03. The molecule has 2 aromatic carbocycles. The number of likely N-dealkylation sites (tertiary alicyclic amines) is 1. The zero-order valence-electron chi connectivity index (χ0n) is 17.0. The van der Waals surface area contributed by atoms with Gasteiger partial charge in [-0.1, -0.05) is 30.3 Å². The third-order valence-corrected chi connectivity index (χ3v) is 5.99. The molecule has 2 saturated heterocycles. The van der Waals surface area contributed by atoms with E-state index in [1.54, 1.807) is 19.5 Å². The molecule has 1 amide bonds. The molecule has 7 nitrogen and oxygen atoms in total. The number of fused-ring (bicyclic) bond motifs is 1. The van der Waals surface area contributed by atoms with E-state index in [4.69, 9.17) is 9.47 Å². The summed E-state index contributed by atoms with van der Waals surface area (Å²) in [4.78, 5) is 26.1. The first-order valence-electron chi connectivity index (χ1n) is 10.2. The zero-order valence-corrected chi connectivity index (χ0v) is 17.0. The standard InChI is InChI=1S/C23H24N4O3/c1-29-23-24-12-16(13-25-23)18-6-7-21(20-5-3-2-4-19(18)20)22(28)27-14-17(15-27)26-8-10-30-11-9-26/h2-7,12-13,17H,8-11,14-15H2,1H3. The van der Waals surface area contributed by atoms with Crippen molar-refractivity contribution in [2.45, 2.75) is 6.04 Å². The first kappa shape index (κ1) is 19.0. The third-order valence-electron chi connectivity index (χ3n) is 5.99. The molecule has 0 N–H and O–H groups in total. The summed E-state index contributed by atoms with van der Waals surface area (Å²) in [7, 11) is 1.55. The highest BCUT2D eigenvalue weighted by atomic mass is 16.5. The highest BCUT2D eigenvalue weighted by Gasteiger charge is 2.36. The van der Waals surface area contributed by atoms with Crippen LogP contribution in [-0.4, -0.2) is 78.2 Å². The van der Waals surface area contributed by atoms with E-state index in [0.29, 0.717) is 12.1 Å². The van der Waals surface area contributed by atoms with Crippen LogP contribution in [0.2, 0.25) is 0 Å². The smallest absolute Gasteiger partial charge is 0.316 e. The van der Waals surface area contributed by atoms with Gasteiger partial charge in [0.05, 0.1) is 20.3 Å². The van der Waals surface area contributed by atoms with Gasteiger partial charge in [0, 0.05) is 55.7 Å². The lowest BCUT2D eigenvalue weighted by Crippen LogP contribution is -2.62. The second-order valence-electron chi connectivity index (χ2n) is 7.68. The number of hydrogen-bond acceptors (Lipinski definition) is 6. The van der Waals surface area contributed by atoms with Crippen LogP contribution in [0.3, 0.4) is 0 Å². The van der Waals surface area contributed by atoms with E-state index < -0.39 is 0 Å². The summed E-state index contributed by atoms with van der Waals surface area (Å²) in [5.74, 6) is 0.0910. The number of hydrogen-bond donors (Lipinski definition) is 0. The molecule has 0 atom stereocenters. The normalized spacial score (nSPS) is 17.7. The average molecular weight is 404 g/mol. The van der Waals surface area contributed by atoms with E-state index in [1.807, 2.05) is 41.3 Å². The van der Waals surface area contributed by atoms with Gasteiger partial charge >= 0.3 is 6.01 Å². The maximum Gasteiger partial charge on any atom is 0.316 e. The maximum atomic E-state index is 13.2. The summed E-state index contributed by atoms with van der Waals surface area (Å²) in [5.41, 5.74) is 2.63. The number of methoxy groups -OCH3 is 1. The summed E-state index contributed by atoms with van der Waals surface area (Å²) >= 11 is 0. The Morgan fingerprint density at radius 1 is 1.03 bits per heavy atom. The number of carbonyl (C=O) groups is 1. The molecule has 7 heteroatoms. The Morgan fingerprint density at radius 2 is 1.73 bits per heavy atom.